The molecular formula is C10H17NO4. The molecule has 1 N–H and O–H groups in total. The van der Waals surface area contributed by atoms with E-state index in [0.717, 1.165) is 4.90 Å². The van der Waals surface area contributed by atoms with E-state index in [1.165, 1.54) is 0 Å². The monoisotopic (exact) mass is 215 g/mol. The van der Waals surface area contributed by atoms with Gasteiger partial charge in [-0.1, -0.05) is 20.8 Å². The van der Waals surface area contributed by atoms with Crippen LogP contribution in [0, 0.1) is 5.92 Å². The number of aliphatic hydroxyl groups is 1. The van der Waals surface area contributed by atoms with Gasteiger partial charge in [0.15, 0.2) is 0 Å². The average Bonchev–Trinajstić information content (AvgIpc) is 2.58. The minimum Gasteiger partial charge on any atom is -0.447 e. The summed E-state index contributed by atoms with van der Waals surface area (Å²) in [4.78, 5) is 24.0. The number of carbonyl (C=O) groups is 2. The van der Waals surface area contributed by atoms with Crippen LogP contribution in [0.25, 0.3) is 0 Å². The number of hydrogen-bond acceptors (Lipinski definition) is 4. The van der Waals surface area contributed by atoms with E-state index in [2.05, 4.69) is 0 Å². The minimum atomic E-state index is -1.11. The lowest BCUT2D eigenvalue weighted by atomic mass is 10.0. The molecule has 0 saturated carbocycles. The Balaban J connectivity index is 2.80. The first-order chi connectivity index (χ1) is 6.99. The fraction of sp³-hybridized carbons (Fsp3) is 0.800. The van der Waals surface area contributed by atoms with Crippen molar-refractivity contribution in [2.75, 3.05) is 6.61 Å². The SMILES string of the molecule is CC[C@@H](O)C(=O)N1C(=O)OC[C@@H]1C(C)C. The molecule has 2 atom stereocenters. The quantitative estimate of drug-likeness (QED) is 0.754. The van der Waals surface area contributed by atoms with Crippen molar-refractivity contribution in [2.45, 2.75) is 39.3 Å². The van der Waals surface area contributed by atoms with Crippen molar-refractivity contribution in [3.8, 4) is 0 Å². The number of nitrogens with zero attached hydrogens (tertiary/aromatic N) is 1. The van der Waals surface area contributed by atoms with Crippen molar-refractivity contribution in [3.05, 3.63) is 0 Å². The number of carbonyl (C=O) groups excluding carboxylic acids is 2. The number of aliphatic hydroxyl groups excluding tert-OH is 1. The van der Waals surface area contributed by atoms with Crippen molar-refractivity contribution >= 4 is 12.0 Å². The highest BCUT2D eigenvalue weighted by Gasteiger charge is 2.41. The number of hydrogen-bond donors (Lipinski definition) is 1. The van der Waals surface area contributed by atoms with E-state index in [-0.39, 0.29) is 18.6 Å². The molecule has 5 nitrogen and oxygen atoms in total. The Morgan fingerprint density at radius 3 is 2.73 bits per heavy atom. The summed E-state index contributed by atoms with van der Waals surface area (Å²) in [5, 5.41) is 9.41. The highest BCUT2D eigenvalue weighted by Crippen LogP contribution is 2.20. The molecule has 0 spiro atoms. The van der Waals surface area contributed by atoms with E-state index in [1.807, 2.05) is 13.8 Å². The van der Waals surface area contributed by atoms with Gasteiger partial charge < -0.3 is 9.84 Å². The van der Waals surface area contributed by atoms with Gasteiger partial charge in [0.05, 0.1) is 6.04 Å². The molecule has 0 bridgehead atoms. The van der Waals surface area contributed by atoms with Crippen molar-refractivity contribution in [1.29, 1.82) is 0 Å². The van der Waals surface area contributed by atoms with Crippen LogP contribution in [0.5, 0.6) is 0 Å². The predicted molar refractivity (Wildman–Crippen MR) is 53.1 cm³/mol. The van der Waals surface area contributed by atoms with Crippen LogP contribution >= 0.6 is 0 Å². The summed E-state index contributed by atoms with van der Waals surface area (Å²) >= 11 is 0. The molecule has 0 aromatic carbocycles. The third-order valence-corrected chi connectivity index (χ3v) is 2.58. The van der Waals surface area contributed by atoms with Crippen LogP contribution in [0.3, 0.4) is 0 Å². The summed E-state index contributed by atoms with van der Waals surface area (Å²) in [5.41, 5.74) is 0. The molecule has 1 aliphatic heterocycles. The Hall–Kier alpha value is -1.10. The zero-order chi connectivity index (χ0) is 11.6. The molecule has 2 amide bonds. The molecule has 86 valence electrons. The number of imide groups is 1. The minimum absolute atomic E-state index is 0.129. The van der Waals surface area contributed by atoms with E-state index in [9.17, 15) is 14.7 Å². The van der Waals surface area contributed by atoms with Gasteiger partial charge in [-0.15, -0.1) is 0 Å². The Bertz CT molecular complexity index is 264. The van der Waals surface area contributed by atoms with Crippen LogP contribution in [0.2, 0.25) is 0 Å². The molecule has 1 heterocycles. The zero-order valence-electron chi connectivity index (χ0n) is 9.27. The van der Waals surface area contributed by atoms with Crippen molar-refractivity contribution in [3.63, 3.8) is 0 Å². The van der Waals surface area contributed by atoms with Crippen LogP contribution in [0.1, 0.15) is 27.2 Å². The Kier molecular flexibility index (Phi) is 3.68. The topological polar surface area (TPSA) is 66.8 Å². The van der Waals surface area contributed by atoms with E-state index < -0.39 is 18.1 Å². The molecule has 1 aliphatic rings. The van der Waals surface area contributed by atoms with Gasteiger partial charge in [0.1, 0.15) is 12.7 Å². The van der Waals surface area contributed by atoms with Gasteiger partial charge in [0, 0.05) is 0 Å². The maximum atomic E-state index is 11.7. The van der Waals surface area contributed by atoms with Crippen LogP contribution < -0.4 is 0 Å². The van der Waals surface area contributed by atoms with Crippen molar-refractivity contribution in [2.24, 2.45) is 5.92 Å². The van der Waals surface area contributed by atoms with Gasteiger partial charge in [-0.2, -0.15) is 0 Å². The van der Waals surface area contributed by atoms with Gasteiger partial charge in [0.2, 0.25) is 0 Å². The molecule has 1 rings (SSSR count). The van der Waals surface area contributed by atoms with E-state index in [4.69, 9.17) is 4.74 Å². The third-order valence-electron chi connectivity index (χ3n) is 2.58. The van der Waals surface area contributed by atoms with Crippen LogP contribution in [0.15, 0.2) is 0 Å². The second kappa shape index (κ2) is 4.61. The van der Waals surface area contributed by atoms with Gasteiger partial charge >= 0.3 is 6.09 Å². The summed E-state index contributed by atoms with van der Waals surface area (Å²) in [7, 11) is 0. The van der Waals surface area contributed by atoms with Crippen molar-refractivity contribution in [1.82, 2.24) is 4.90 Å². The third kappa shape index (κ3) is 2.28. The number of ether oxygens (including phenoxy) is 1. The lowest BCUT2D eigenvalue weighted by molar-refractivity contribution is -0.138. The van der Waals surface area contributed by atoms with E-state index >= 15 is 0 Å². The van der Waals surface area contributed by atoms with E-state index in [0.29, 0.717) is 6.42 Å². The standard InChI is InChI=1S/C10H17NO4/c1-4-8(12)9(13)11-7(6(2)3)5-15-10(11)14/h6-8,12H,4-5H2,1-3H3/t7-,8-/m1/s1. The number of amides is 2. The van der Waals surface area contributed by atoms with Crippen LogP contribution in [0.4, 0.5) is 4.79 Å². The fourth-order valence-electron chi connectivity index (χ4n) is 1.52. The normalized spacial score (nSPS) is 23.1. The maximum absolute atomic E-state index is 11.7. The van der Waals surface area contributed by atoms with E-state index in [1.54, 1.807) is 6.92 Å². The Morgan fingerprint density at radius 2 is 2.27 bits per heavy atom. The van der Waals surface area contributed by atoms with Gasteiger partial charge in [-0.05, 0) is 12.3 Å². The summed E-state index contributed by atoms with van der Waals surface area (Å²) in [6, 6.07) is -0.258. The Labute approximate surface area is 89.0 Å². The first kappa shape index (κ1) is 12.0. The first-order valence-corrected chi connectivity index (χ1v) is 5.16. The molecule has 0 aromatic rings. The molecule has 0 aliphatic carbocycles. The predicted octanol–water partition coefficient (Wildman–Crippen LogP) is 0.761. The molecular weight excluding hydrogens is 198 g/mol. The molecule has 1 fully saturated rings. The lowest BCUT2D eigenvalue weighted by Crippen LogP contribution is -2.46. The van der Waals surface area contributed by atoms with Gasteiger partial charge in [-0.25, -0.2) is 9.69 Å². The van der Waals surface area contributed by atoms with Crippen molar-refractivity contribution < 1.29 is 19.4 Å². The Morgan fingerprint density at radius 1 is 1.67 bits per heavy atom. The molecule has 1 saturated heterocycles. The van der Waals surface area contributed by atoms with Crippen LogP contribution in [-0.2, 0) is 9.53 Å². The summed E-state index contributed by atoms with van der Waals surface area (Å²) in [6.07, 6.45) is -1.46. The molecule has 15 heavy (non-hydrogen) atoms. The second-order valence-electron chi connectivity index (χ2n) is 4.02. The maximum Gasteiger partial charge on any atom is 0.417 e. The smallest absolute Gasteiger partial charge is 0.417 e. The fourth-order valence-corrected chi connectivity index (χ4v) is 1.52. The summed E-state index contributed by atoms with van der Waals surface area (Å²) < 4.78 is 4.81. The average molecular weight is 215 g/mol. The first-order valence-electron chi connectivity index (χ1n) is 5.16. The summed E-state index contributed by atoms with van der Waals surface area (Å²) in [5.74, 6) is -0.428. The number of rotatable bonds is 3. The highest BCUT2D eigenvalue weighted by atomic mass is 16.6. The molecule has 0 aromatic heterocycles. The zero-order valence-corrected chi connectivity index (χ0v) is 9.27. The highest BCUT2D eigenvalue weighted by molar-refractivity contribution is 5.95. The molecule has 0 radical (unpaired) electrons. The van der Waals surface area contributed by atoms with Gasteiger partial charge in [-0.3, -0.25) is 4.79 Å². The summed E-state index contributed by atoms with van der Waals surface area (Å²) in [6.45, 7) is 5.73. The largest absolute Gasteiger partial charge is 0.447 e. The molecule has 5 heteroatoms. The lowest BCUT2D eigenvalue weighted by Gasteiger charge is -2.24. The second-order valence-corrected chi connectivity index (χ2v) is 4.02. The van der Waals surface area contributed by atoms with Gasteiger partial charge in [0.25, 0.3) is 5.91 Å². The van der Waals surface area contributed by atoms with Crippen LogP contribution in [-0.4, -0.2) is 40.8 Å². The molecule has 0 unspecified atom stereocenters. The number of cyclic esters (lactones) is 1.